The first-order valence-electron chi connectivity index (χ1n) is 5.88. The average Bonchev–Trinajstić information content (AvgIpc) is 2.55. The number of aryl methyl sites for hydroxylation is 1. The number of hydrogen-bond acceptors (Lipinski definition) is 3. The lowest BCUT2D eigenvalue weighted by molar-refractivity contribution is 0.265. The highest BCUT2D eigenvalue weighted by Gasteiger charge is 2.19. The Bertz CT molecular complexity index is 304. The van der Waals surface area contributed by atoms with Crippen molar-refractivity contribution in [1.82, 2.24) is 10.3 Å². The average molecular weight is 224 g/mol. The van der Waals surface area contributed by atoms with Gasteiger partial charge >= 0.3 is 0 Å². The van der Waals surface area contributed by atoms with Gasteiger partial charge in [0.15, 0.2) is 0 Å². The molecule has 0 amide bonds. The Morgan fingerprint density at radius 1 is 1.60 bits per heavy atom. The zero-order chi connectivity index (χ0) is 10.7. The molecule has 0 bridgehead atoms. The molecular weight excluding hydrogens is 204 g/mol. The molecule has 1 aliphatic rings. The zero-order valence-corrected chi connectivity index (χ0v) is 10.4. The van der Waals surface area contributed by atoms with Crippen LogP contribution in [0.25, 0.3) is 0 Å². The maximum Gasteiger partial charge on any atom is 0.107 e. The molecular formula is C12H20N2S. The number of aromatic nitrogens is 1. The van der Waals surface area contributed by atoms with Gasteiger partial charge in [-0.15, -0.1) is 11.3 Å². The maximum atomic E-state index is 4.45. The molecule has 2 nitrogen and oxygen atoms in total. The van der Waals surface area contributed by atoms with Gasteiger partial charge in [0.1, 0.15) is 5.01 Å². The molecule has 1 fully saturated rings. The zero-order valence-electron chi connectivity index (χ0n) is 9.62. The maximum absolute atomic E-state index is 4.45. The van der Waals surface area contributed by atoms with Crippen LogP contribution >= 0.6 is 11.3 Å². The van der Waals surface area contributed by atoms with E-state index in [1.165, 1.54) is 30.7 Å². The summed E-state index contributed by atoms with van der Waals surface area (Å²) in [4.78, 5) is 4.45. The molecule has 1 N–H and O–H groups in total. The standard InChI is InChI=1S/C12H20N2S/c1-9(6-11-4-3-5-11)13-7-12-14-10(2)8-15-12/h8-9,11,13H,3-7H2,1-2H3. The van der Waals surface area contributed by atoms with E-state index in [0.29, 0.717) is 6.04 Å². The Morgan fingerprint density at radius 2 is 2.40 bits per heavy atom. The van der Waals surface area contributed by atoms with Gasteiger partial charge in [-0.25, -0.2) is 4.98 Å². The predicted octanol–water partition coefficient (Wildman–Crippen LogP) is 3.12. The SMILES string of the molecule is Cc1csc(CNC(C)CC2CCC2)n1. The van der Waals surface area contributed by atoms with E-state index >= 15 is 0 Å². The molecule has 1 atom stereocenters. The van der Waals surface area contributed by atoms with E-state index in [-0.39, 0.29) is 0 Å². The number of nitrogens with zero attached hydrogens (tertiary/aromatic N) is 1. The summed E-state index contributed by atoms with van der Waals surface area (Å²) in [6.45, 7) is 5.28. The lowest BCUT2D eigenvalue weighted by Gasteiger charge is -2.28. The van der Waals surface area contributed by atoms with E-state index in [4.69, 9.17) is 0 Å². The molecule has 0 saturated heterocycles. The van der Waals surface area contributed by atoms with Gasteiger partial charge in [0.05, 0.1) is 0 Å². The van der Waals surface area contributed by atoms with Crippen molar-refractivity contribution in [2.24, 2.45) is 5.92 Å². The summed E-state index contributed by atoms with van der Waals surface area (Å²) in [6, 6.07) is 0.638. The summed E-state index contributed by atoms with van der Waals surface area (Å²) >= 11 is 1.76. The Kier molecular flexibility index (Phi) is 3.76. The molecule has 84 valence electrons. The van der Waals surface area contributed by atoms with Crippen LogP contribution in [0, 0.1) is 12.8 Å². The summed E-state index contributed by atoms with van der Waals surface area (Å²) in [5.41, 5.74) is 1.14. The van der Waals surface area contributed by atoms with Crippen LogP contribution in [-0.4, -0.2) is 11.0 Å². The minimum absolute atomic E-state index is 0.638. The predicted molar refractivity (Wildman–Crippen MR) is 65.1 cm³/mol. The number of nitrogens with one attached hydrogen (secondary N) is 1. The second-order valence-corrected chi connectivity index (χ2v) is 5.64. The van der Waals surface area contributed by atoms with Gasteiger partial charge < -0.3 is 5.32 Å². The first-order valence-corrected chi connectivity index (χ1v) is 6.76. The number of rotatable bonds is 5. The van der Waals surface area contributed by atoms with Crippen molar-refractivity contribution in [2.45, 2.75) is 52.1 Å². The first kappa shape index (κ1) is 11.1. The van der Waals surface area contributed by atoms with Crippen molar-refractivity contribution in [3.63, 3.8) is 0 Å². The Hall–Kier alpha value is -0.410. The third-order valence-electron chi connectivity index (χ3n) is 3.18. The van der Waals surface area contributed by atoms with E-state index in [2.05, 4.69) is 29.5 Å². The topological polar surface area (TPSA) is 24.9 Å². The van der Waals surface area contributed by atoms with E-state index in [9.17, 15) is 0 Å². The highest BCUT2D eigenvalue weighted by molar-refractivity contribution is 7.09. The fraction of sp³-hybridized carbons (Fsp3) is 0.750. The molecule has 0 spiro atoms. The summed E-state index contributed by atoms with van der Waals surface area (Å²) in [5.74, 6) is 0.991. The monoisotopic (exact) mass is 224 g/mol. The molecule has 2 rings (SSSR count). The van der Waals surface area contributed by atoms with Crippen LogP contribution in [0.3, 0.4) is 0 Å². The molecule has 1 heterocycles. The fourth-order valence-corrected chi connectivity index (χ4v) is 2.78. The van der Waals surface area contributed by atoms with Crippen LogP contribution in [0.4, 0.5) is 0 Å². The lowest BCUT2D eigenvalue weighted by Crippen LogP contribution is -2.29. The second-order valence-electron chi connectivity index (χ2n) is 4.70. The van der Waals surface area contributed by atoms with Crippen molar-refractivity contribution in [3.8, 4) is 0 Å². The minimum atomic E-state index is 0.638. The smallest absolute Gasteiger partial charge is 0.107 e. The van der Waals surface area contributed by atoms with Crippen LogP contribution in [0.1, 0.15) is 43.3 Å². The van der Waals surface area contributed by atoms with Gasteiger partial charge in [-0.3, -0.25) is 0 Å². The summed E-state index contributed by atoms with van der Waals surface area (Å²) in [5, 5.41) is 6.89. The van der Waals surface area contributed by atoms with Crippen molar-refractivity contribution < 1.29 is 0 Å². The van der Waals surface area contributed by atoms with Gasteiger partial charge in [-0.2, -0.15) is 0 Å². The third kappa shape index (κ3) is 3.28. The van der Waals surface area contributed by atoms with E-state index in [0.717, 1.165) is 18.2 Å². The van der Waals surface area contributed by atoms with E-state index in [1.807, 2.05) is 0 Å². The van der Waals surface area contributed by atoms with Crippen LogP contribution in [-0.2, 0) is 6.54 Å². The van der Waals surface area contributed by atoms with Crippen LogP contribution in [0.15, 0.2) is 5.38 Å². The highest BCUT2D eigenvalue weighted by atomic mass is 32.1. The highest BCUT2D eigenvalue weighted by Crippen LogP contribution is 2.30. The Labute approximate surface area is 96.1 Å². The number of hydrogen-bond donors (Lipinski definition) is 1. The molecule has 3 heteroatoms. The van der Waals surface area contributed by atoms with Gasteiger partial charge in [0, 0.05) is 23.7 Å². The second kappa shape index (κ2) is 5.08. The Morgan fingerprint density at radius 3 is 2.93 bits per heavy atom. The lowest BCUT2D eigenvalue weighted by atomic mass is 9.81. The van der Waals surface area contributed by atoms with Gasteiger partial charge in [0.25, 0.3) is 0 Å². The van der Waals surface area contributed by atoms with Crippen LogP contribution < -0.4 is 5.32 Å². The van der Waals surface area contributed by atoms with Gasteiger partial charge in [-0.05, 0) is 26.2 Å². The van der Waals surface area contributed by atoms with Gasteiger partial charge in [0.2, 0.25) is 0 Å². The molecule has 15 heavy (non-hydrogen) atoms. The van der Waals surface area contributed by atoms with Gasteiger partial charge in [-0.1, -0.05) is 19.3 Å². The molecule has 0 aromatic carbocycles. The largest absolute Gasteiger partial charge is 0.308 e. The number of thiazole rings is 1. The van der Waals surface area contributed by atoms with Crippen molar-refractivity contribution >= 4 is 11.3 Å². The normalized spacial score (nSPS) is 18.8. The Balaban J connectivity index is 1.68. The summed E-state index contributed by atoms with van der Waals surface area (Å²) in [7, 11) is 0. The molecule has 1 unspecified atom stereocenters. The van der Waals surface area contributed by atoms with E-state index < -0.39 is 0 Å². The molecule has 1 aromatic rings. The third-order valence-corrected chi connectivity index (χ3v) is 4.15. The molecule has 0 radical (unpaired) electrons. The first-order chi connectivity index (χ1) is 7.24. The van der Waals surface area contributed by atoms with Crippen LogP contribution in [0.5, 0.6) is 0 Å². The summed E-state index contributed by atoms with van der Waals surface area (Å²) in [6.07, 6.45) is 5.68. The van der Waals surface area contributed by atoms with Crippen LogP contribution in [0.2, 0.25) is 0 Å². The molecule has 1 aromatic heterocycles. The van der Waals surface area contributed by atoms with Crippen molar-refractivity contribution in [1.29, 1.82) is 0 Å². The summed E-state index contributed by atoms with van der Waals surface area (Å²) < 4.78 is 0. The van der Waals surface area contributed by atoms with E-state index in [1.54, 1.807) is 11.3 Å². The fourth-order valence-electron chi connectivity index (χ4n) is 2.06. The van der Waals surface area contributed by atoms with Crippen molar-refractivity contribution in [2.75, 3.05) is 0 Å². The minimum Gasteiger partial charge on any atom is -0.308 e. The molecule has 1 saturated carbocycles. The van der Waals surface area contributed by atoms with Crippen molar-refractivity contribution in [3.05, 3.63) is 16.1 Å². The molecule has 1 aliphatic carbocycles. The molecule has 0 aliphatic heterocycles. The quantitative estimate of drug-likeness (QED) is 0.831.